The van der Waals surface area contributed by atoms with Crippen molar-refractivity contribution in [2.24, 2.45) is 5.73 Å². The normalized spacial score (nSPS) is 13.8. The monoisotopic (exact) mass is 307 g/mol. The van der Waals surface area contributed by atoms with Crippen LogP contribution in [-0.4, -0.2) is 30.1 Å². The van der Waals surface area contributed by atoms with Crippen LogP contribution in [0.5, 0.6) is 0 Å². The van der Waals surface area contributed by atoms with Crippen LogP contribution < -0.4 is 10.5 Å². The number of methoxy groups -OCH3 is 1. The van der Waals surface area contributed by atoms with Gasteiger partial charge in [-0.25, -0.2) is 4.39 Å². The number of aliphatic hydroxyl groups excluding tert-OH is 1. The highest BCUT2D eigenvalue weighted by Gasteiger charge is 2.17. The number of alkyl halides is 1. The summed E-state index contributed by atoms with van der Waals surface area (Å²) in [6.45, 7) is -0.475. The van der Waals surface area contributed by atoms with Gasteiger partial charge in [0.2, 0.25) is 6.20 Å². The lowest BCUT2D eigenvalue weighted by molar-refractivity contribution is -0.910. The van der Waals surface area contributed by atoms with Crippen LogP contribution in [0.3, 0.4) is 0 Å². The molecule has 0 aliphatic heterocycles. The van der Waals surface area contributed by atoms with E-state index in [0.717, 1.165) is 15.9 Å². The van der Waals surface area contributed by atoms with Crippen molar-refractivity contribution in [2.75, 3.05) is 13.8 Å². The Morgan fingerprint density at radius 3 is 2.36 bits per heavy atom. The van der Waals surface area contributed by atoms with Crippen LogP contribution in [-0.2, 0) is 11.3 Å². The molecular weight excluding hydrogens is 287 g/mol. The fourth-order valence-electron chi connectivity index (χ4n) is 2.16. The topological polar surface area (TPSA) is 79.6 Å². The zero-order valence-corrected chi connectivity index (χ0v) is 12.3. The van der Waals surface area contributed by atoms with E-state index in [2.05, 4.69) is 0 Å². The summed E-state index contributed by atoms with van der Waals surface area (Å²) in [5.74, 6) is 0. The van der Waals surface area contributed by atoms with Crippen molar-refractivity contribution in [2.45, 2.75) is 18.8 Å². The average molecular weight is 307 g/mol. The predicted octanol–water partition coefficient (Wildman–Crippen LogP) is 1.35. The Morgan fingerprint density at radius 2 is 1.82 bits per heavy atom. The van der Waals surface area contributed by atoms with E-state index >= 15 is 0 Å². The number of nitrogens with two attached hydrogens (primary N) is 1. The summed E-state index contributed by atoms with van der Waals surface area (Å²) < 4.78 is 18.5. The molecule has 2 unspecified atom stereocenters. The van der Waals surface area contributed by atoms with E-state index in [4.69, 9.17) is 10.5 Å². The zero-order valence-electron chi connectivity index (χ0n) is 12.3. The SMILES string of the molecule is COCc1ccc(-c2ccc(C(O)C(N)CF)cc2)c[n+]1O. The molecule has 4 N–H and O–H groups in total. The molecule has 2 aromatic rings. The Bertz CT molecular complexity index is 619. The molecule has 0 radical (unpaired) electrons. The van der Waals surface area contributed by atoms with Crippen molar-refractivity contribution in [1.29, 1.82) is 0 Å². The first kappa shape index (κ1) is 16.4. The number of hydrogen-bond acceptors (Lipinski definition) is 4. The summed E-state index contributed by atoms with van der Waals surface area (Å²) in [7, 11) is 1.56. The van der Waals surface area contributed by atoms with E-state index in [1.807, 2.05) is 6.07 Å². The van der Waals surface area contributed by atoms with Gasteiger partial charge >= 0.3 is 0 Å². The molecule has 0 aliphatic rings. The fraction of sp³-hybridized carbons (Fsp3) is 0.312. The van der Waals surface area contributed by atoms with Crippen molar-refractivity contribution < 1.29 is 24.2 Å². The molecule has 0 amide bonds. The summed E-state index contributed by atoms with van der Waals surface area (Å²) >= 11 is 0. The molecule has 2 atom stereocenters. The summed E-state index contributed by atoms with van der Waals surface area (Å²) in [5, 5.41) is 19.7. The largest absolute Gasteiger partial charge is 0.387 e. The number of benzene rings is 1. The Hall–Kier alpha value is -2.02. The molecule has 0 aliphatic carbocycles. The number of ether oxygens (including phenoxy) is 1. The van der Waals surface area contributed by atoms with E-state index in [1.165, 1.54) is 0 Å². The number of halogens is 1. The van der Waals surface area contributed by atoms with Gasteiger partial charge in [-0.15, -0.1) is 0 Å². The average Bonchev–Trinajstić information content (AvgIpc) is 2.55. The number of nitrogens with zero attached hydrogens (tertiary/aromatic N) is 1. The number of aromatic nitrogens is 1. The van der Waals surface area contributed by atoms with Gasteiger partial charge < -0.3 is 15.6 Å². The van der Waals surface area contributed by atoms with Crippen LogP contribution in [0.4, 0.5) is 4.39 Å². The van der Waals surface area contributed by atoms with Gasteiger partial charge in [-0.2, -0.15) is 0 Å². The molecule has 1 heterocycles. The number of rotatable bonds is 6. The number of hydrogen-bond donors (Lipinski definition) is 3. The Kier molecular flexibility index (Phi) is 5.43. The van der Waals surface area contributed by atoms with Gasteiger partial charge in [0.1, 0.15) is 13.3 Å². The van der Waals surface area contributed by atoms with E-state index in [-0.39, 0.29) is 0 Å². The Labute approximate surface area is 128 Å². The maximum atomic E-state index is 12.5. The lowest BCUT2D eigenvalue weighted by Crippen LogP contribution is -2.35. The molecule has 2 rings (SSSR count). The van der Waals surface area contributed by atoms with Gasteiger partial charge in [0.05, 0.1) is 17.7 Å². The van der Waals surface area contributed by atoms with Crippen molar-refractivity contribution in [3.63, 3.8) is 0 Å². The standard InChI is InChI=1S/C16H20FN2O3/c1-22-10-14-7-6-13(9-19(14)21)11-2-4-12(5-3-11)16(20)15(18)8-17/h2-7,9,15-16,20-21H,8,10,18H2,1H3/q+1. The minimum Gasteiger partial charge on any atom is -0.387 e. The van der Waals surface area contributed by atoms with Gasteiger partial charge in [-0.3, -0.25) is 5.21 Å². The fourth-order valence-corrected chi connectivity index (χ4v) is 2.16. The lowest BCUT2D eigenvalue weighted by Gasteiger charge is -2.16. The third kappa shape index (κ3) is 3.59. The molecular formula is C16H20FN2O3+. The lowest BCUT2D eigenvalue weighted by atomic mass is 10.00. The number of aliphatic hydroxyl groups is 1. The Balaban J connectivity index is 2.22. The molecule has 22 heavy (non-hydrogen) atoms. The summed E-state index contributed by atoms with van der Waals surface area (Å²) in [4.78, 5) is 0. The second-order valence-electron chi connectivity index (χ2n) is 5.07. The van der Waals surface area contributed by atoms with E-state index < -0.39 is 18.8 Å². The first-order valence-corrected chi connectivity index (χ1v) is 6.89. The van der Waals surface area contributed by atoms with Crippen molar-refractivity contribution in [3.8, 4) is 11.1 Å². The predicted molar refractivity (Wildman–Crippen MR) is 78.9 cm³/mol. The molecule has 6 heteroatoms. The van der Waals surface area contributed by atoms with Crippen molar-refractivity contribution >= 4 is 0 Å². The molecule has 0 bridgehead atoms. The summed E-state index contributed by atoms with van der Waals surface area (Å²) in [6.07, 6.45) is 0.540. The van der Waals surface area contributed by atoms with Gasteiger partial charge in [-0.1, -0.05) is 24.3 Å². The highest BCUT2D eigenvalue weighted by atomic mass is 19.1. The smallest absolute Gasteiger partial charge is 0.259 e. The Morgan fingerprint density at radius 1 is 1.18 bits per heavy atom. The van der Waals surface area contributed by atoms with Gasteiger partial charge in [0.15, 0.2) is 0 Å². The summed E-state index contributed by atoms with van der Waals surface area (Å²) in [6, 6.07) is 9.66. The molecule has 1 aromatic carbocycles. The quantitative estimate of drug-likeness (QED) is 0.556. The minimum atomic E-state index is -1.04. The maximum Gasteiger partial charge on any atom is 0.259 e. The van der Waals surface area contributed by atoms with Crippen LogP contribution in [0.25, 0.3) is 11.1 Å². The van der Waals surface area contributed by atoms with E-state index in [1.54, 1.807) is 43.6 Å². The van der Waals surface area contributed by atoms with Crippen molar-refractivity contribution in [1.82, 2.24) is 0 Å². The molecule has 1 aromatic heterocycles. The highest BCUT2D eigenvalue weighted by molar-refractivity contribution is 5.62. The molecule has 0 spiro atoms. The van der Waals surface area contributed by atoms with Crippen LogP contribution >= 0.6 is 0 Å². The molecule has 0 fully saturated rings. The summed E-state index contributed by atoms with van der Waals surface area (Å²) in [5.41, 5.74) is 8.34. The molecule has 0 saturated heterocycles. The highest BCUT2D eigenvalue weighted by Crippen LogP contribution is 2.22. The molecule has 118 valence electrons. The van der Waals surface area contributed by atoms with Crippen molar-refractivity contribution in [3.05, 3.63) is 53.9 Å². The molecule has 0 saturated carbocycles. The third-order valence-corrected chi connectivity index (χ3v) is 3.47. The second kappa shape index (κ2) is 7.31. The van der Waals surface area contributed by atoms with Crippen LogP contribution in [0.2, 0.25) is 0 Å². The zero-order chi connectivity index (χ0) is 16.1. The van der Waals surface area contributed by atoms with Gasteiger partial charge in [0.25, 0.3) is 5.69 Å². The van der Waals surface area contributed by atoms with Gasteiger partial charge in [0, 0.05) is 17.9 Å². The second-order valence-corrected chi connectivity index (χ2v) is 5.07. The maximum absolute atomic E-state index is 12.5. The van der Waals surface area contributed by atoms with Crippen LogP contribution in [0.15, 0.2) is 42.6 Å². The molecule has 5 nitrogen and oxygen atoms in total. The van der Waals surface area contributed by atoms with E-state index in [0.29, 0.717) is 17.9 Å². The third-order valence-electron chi connectivity index (χ3n) is 3.47. The van der Waals surface area contributed by atoms with Crippen LogP contribution in [0.1, 0.15) is 17.4 Å². The first-order valence-electron chi connectivity index (χ1n) is 6.89. The first-order chi connectivity index (χ1) is 10.6. The van der Waals surface area contributed by atoms with E-state index in [9.17, 15) is 14.7 Å². The minimum absolute atomic E-state index is 0.309. The van der Waals surface area contributed by atoms with Crippen LogP contribution in [0, 0.1) is 0 Å². The number of pyridine rings is 1. The van der Waals surface area contributed by atoms with Gasteiger partial charge in [-0.05, 0) is 17.2 Å².